The van der Waals surface area contributed by atoms with Crippen molar-refractivity contribution in [2.45, 2.75) is 39.2 Å². The number of ether oxygens (including phenoxy) is 2. The minimum Gasteiger partial charge on any atom is -0.447 e. The van der Waals surface area contributed by atoms with Crippen molar-refractivity contribution >= 4 is 5.91 Å². The summed E-state index contributed by atoms with van der Waals surface area (Å²) in [6.07, 6.45) is 0.917. The number of carbonyl (C=O) groups is 1. The van der Waals surface area contributed by atoms with E-state index in [1.807, 2.05) is 19.9 Å². The zero-order chi connectivity index (χ0) is 19.2. The van der Waals surface area contributed by atoms with Crippen LogP contribution in [0.15, 0.2) is 42.5 Å². The molecule has 0 fully saturated rings. The van der Waals surface area contributed by atoms with E-state index < -0.39 is 12.5 Å². The van der Waals surface area contributed by atoms with E-state index in [1.54, 1.807) is 18.2 Å². The predicted octanol–water partition coefficient (Wildman–Crippen LogP) is 4.16. The largest absolute Gasteiger partial charge is 0.464 e. The van der Waals surface area contributed by atoms with Crippen LogP contribution in [0.5, 0.6) is 11.5 Å². The maximum absolute atomic E-state index is 12.8. The van der Waals surface area contributed by atoms with E-state index in [0.717, 1.165) is 0 Å². The van der Waals surface area contributed by atoms with Gasteiger partial charge in [-0.25, -0.2) is 0 Å². The van der Waals surface area contributed by atoms with Crippen molar-refractivity contribution in [2.24, 2.45) is 5.92 Å². The zero-order valence-corrected chi connectivity index (χ0v) is 14.7. The third kappa shape index (κ3) is 6.13. The molecule has 1 aliphatic heterocycles. The van der Waals surface area contributed by atoms with Crippen LogP contribution < -0.4 is 14.8 Å². The number of nitrogens with one attached hydrogen (secondary N) is 1. The molecule has 1 heterocycles. The number of allylic oxidation sites excluding steroid dienone is 3. The monoisotopic (exact) mass is 369 g/mol. The molecule has 0 saturated heterocycles. The molecule has 1 atom stereocenters. The number of carbonyl (C=O) groups excluding carboxylic acids is 1. The van der Waals surface area contributed by atoms with Gasteiger partial charge in [-0.2, -0.15) is 13.2 Å². The summed E-state index contributed by atoms with van der Waals surface area (Å²) in [6, 6.07) is 4.66. The molecular weight excluding hydrogens is 347 g/mol. The van der Waals surface area contributed by atoms with Gasteiger partial charge < -0.3 is 14.8 Å². The number of fused-ring (bicyclic) bond motifs is 2. The Morgan fingerprint density at radius 1 is 1.27 bits per heavy atom. The van der Waals surface area contributed by atoms with Crippen LogP contribution >= 0.6 is 0 Å². The normalized spacial score (nSPS) is 16.8. The fourth-order valence-electron chi connectivity index (χ4n) is 2.24. The number of alkyl halides is 3. The Hall–Kier alpha value is -2.44. The van der Waals surface area contributed by atoms with Crippen molar-refractivity contribution < 1.29 is 27.4 Å². The highest BCUT2D eigenvalue weighted by atomic mass is 19.4. The number of amides is 1. The van der Waals surface area contributed by atoms with Gasteiger partial charge >= 0.3 is 12.5 Å². The lowest BCUT2D eigenvalue weighted by Gasteiger charge is -2.28. The van der Waals surface area contributed by atoms with Crippen LogP contribution in [0.25, 0.3) is 0 Å². The number of aryl methyl sites for hydroxylation is 1. The second-order valence-corrected chi connectivity index (χ2v) is 6.34. The molecule has 0 aliphatic carbocycles. The molecule has 1 amide bonds. The van der Waals surface area contributed by atoms with E-state index in [-0.39, 0.29) is 17.4 Å². The summed E-state index contributed by atoms with van der Waals surface area (Å²) in [5.74, 6) is 0.561. The summed E-state index contributed by atoms with van der Waals surface area (Å²) >= 11 is 0. The van der Waals surface area contributed by atoms with E-state index in [4.69, 9.17) is 9.47 Å². The van der Waals surface area contributed by atoms with Crippen LogP contribution in [0.3, 0.4) is 0 Å². The average Bonchev–Trinajstić information content (AvgIpc) is 2.56. The highest BCUT2D eigenvalue weighted by Crippen LogP contribution is 2.36. The highest BCUT2D eigenvalue weighted by Gasteiger charge is 2.46. The van der Waals surface area contributed by atoms with Crippen LogP contribution in [0.2, 0.25) is 0 Å². The standard InChI is InChI=1S/C19H22F3NO3/c1-13(2)12-23-17(24)8-6-4-3-5-7-14-9-10-15-11-16(14)26-18(25-15)19(20,21)22/h3-4,6,8-11,13,18H,5,7,12H2,1-2H3,(H,23,24)/b4-3+,8-6+. The van der Waals surface area contributed by atoms with Crippen molar-refractivity contribution in [3.05, 3.63) is 48.1 Å². The molecule has 1 N–H and O–H groups in total. The summed E-state index contributed by atoms with van der Waals surface area (Å²) in [7, 11) is 0. The maximum Gasteiger partial charge on any atom is 0.464 e. The Kier molecular flexibility index (Phi) is 6.71. The first-order valence-corrected chi connectivity index (χ1v) is 8.39. The fraction of sp³-hybridized carbons (Fsp3) is 0.421. The Morgan fingerprint density at radius 3 is 2.73 bits per heavy atom. The van der Waals surface area contributed by atoms with Gasteiger partial charge in [-0.15, -0.1) is 0 Å². The van der Waals surface area contributed by atoms with Crippen LogP contribution in [0, 0.1) is 5.92 Å². The quantitative estimate of drug-likeness (QED) is 0.580. The van der Waals surface area contributed by atoms with Gasteiger partial charge in [-0.3, -0.25) is 4.79 Å². The van der Waals surface area contributed by atoms with Crippen molar-refractivity contribution in [1.29, 1.82) is 0 Å². The van der Waals surface area contributed by atoms with Gasteiger partial charge in [0.15, 0.2) is 0 Å². The first-order valence-electron chi connectivity index (χ1n) is 8.39. The van der Waals surface area contributed by atoms with Gasteiger partial charge in [0.2, 0.25) is 5.91 Å². The van der Waals surface area contributed by atoms with E-state index in [9.17, 15) is 18.0 Å². The lowest BCUT2D eigenvalue weighted by molar-refractivity contribution is -0.257. The SMILES string of the molecule is CC(C)CNC(=O)/C=C/C=C/CCc1ccc2cc1OC(C(F)(F)F)O2. The van der Waals surface area contributed by atoms with Gasteiger partial charge in [0.1, 0.15) is 11.5 Å². The molecule has 4 nitrogen and oxygen atoms in total. The van der Waals surface area contributed by atoms with E-state index in [1.165, 1.54) is 18.2 Å². The Morgan fingerprint density at radius 2 is 2.04 bits per heavy atom. The van der Waals surface area contributed by atoms with Gasteiger partial charge in [0, 0.05) is 18.7 Å². The minimum absolute atomic E-state index is 0.142. The van der Waals surface area contributed by atoms with Gasteiger partial charge in [-0.1, -0.05) is 38.1 Å². The first kappa shape index (κ1) is 19.9. The van der Waals surface area contributed by atoms with Crippen LogP contribution in [0.1, 0.15) is 25.8 Å². The molecule has 26 heavy (non-hydrogen) atoms. The molecule has 7 heteroatoms. The van der Waals surface area contributed by atoms with Crippen molar-refractivity contribution in [3.8, 4) is 11.5 Å². The molecule has 1 aliphatic rings. The van der Waals surface area contributed by atoms with Crippen molar-refractivity contribution in [2.75, 3.05) is 6.54 Å². The van der Waals surface area contributed by atoms with E-state index in [0.29, 0.717) is 30.9 Å². The molecule has 2 bridgehead atoms. The van der Waals surface area contributed by atoms with Gasteiger partial charge in [-0.05, 0) is 30.4 Å². The Balaban J connectivity index is 1.82. The second kappa shape index (κ2) is 8.78. The molecule has 1 unspecified atom stereocenters. The summed E-state index contributed by atoms with van der Waals surface area (Å²) in [6.45, 7) is 4.64. The molecule has 0 aromatic heterocycles. The third-order valence-corrected chi connectivity index (χ3v) is 3.54. The Labute approximate surface area is 150 Å². The number of hydrogen-bond acceptors (Lipinski definition) is 3. The number of rotatable bonds is 7. The fourth-order valence-corrected chi connectivity index (χ4v) is 2.24. The van der Waals surface area contributed by atoms with Crippen LogP contribution in [0.4, 0.5) is 13.2 Å². The topological polar surface area (TPSA) is 47.6 Å². The average molecular weight is 369 g/mol. The van der Waals surface area contributed by atoms with Crippen LogP contribution in [-0.4, -0.2) is 24.9 Å². The highest BCUT2D eigenvalue weighted by molar-refractivity contribution is 5.87. The third-order valence-electron chi connectivity index (χ3n) is 3.54. The van der Waals surface area contributed by atoms with E-state index in [2.05, 4.69) is 5.32 Å². The summed E-state index contributed by atoms with van der Waals surface area (Å²) in [5.41, 5.74) is 0.676. The lowest BCUT2D eigenvalue weighted by Crippen LogP contribution is -2.41. The number of halogens is 3. The van der Waals surface area contributed by atoms with Gasteiger partial charge in [0.25, 0.3) is 0 Å². The predicted molar refractivity (Wildman–Crippen MR) is 92.0 cm³/mol. The Bertz CT molecular complexity index is 681. The molecule has 0 radical (unpaired) electrons. The summed E-state index contributed by atoms with van der Waals surface area (Å²) < 4.78 is 47.9. The molecule has 2 rings (SSSR count). The van der Waals surface area contributed by atoms with Gasteiger partial charge in [0.05, 0.1) is 0 Å². The number of benzene rings is 1. The second-order valence-electron chi connectivity index (χ2n) is 6.34. The molecule has 1 aromatic carbocycles. The van der Waals surface area contributed by atoms with Crippen molar-refractivity contribution in [3.63, 3.8) is 0 Å². The molecule has 142 valence electrons. The minimum atomic E-state index is -4.58. The maximum atomic E-state index is 12.8. The molecule has 0 saturated carbocycles. The smallest absolute Gasteiger partial charge is 0.447 e. The summed E-state index contributed by atoms with van der Waals surface area (Å²) in [5, 5.41) is 2.76. The first-order chi connectivity index (χ1) is 12.3. The van der Waals surface area contributed by atoms with Crippen LogP contribution in [-0.2, 0) is 11.2 Å². The number of hydrogen-bond donors (Lipinski definition) is 1. The van der Waals surface area contributed by atoms with E-state index >= 15 is 0 Å². The van der Waals surface area contributed by atoms with Crippen molar-refractivity contribution in [1.82, 2.24) is 5.32 Å². The zero-order valence-electron chi connectivity index (χ0n) is 14.7. The molecule has 1 aromatic rings. The molecule has 0 spiro atoms. The lowest BCUT2D eigenvalue weighted by atomic mass is 10.1. The summed E-state index contributed by atoms with van der Waals surface area (Å²) in [4.78, 5) is 11.5. The molecular formula is C19H22F3NO3.